The van der Waals surface area contributed by atoms with E-state index in [0.29, 0.717) is 32.4 Å². The van der Waals surface area contributed by atoms with Crippen LogP contribution < -0.4 is 0 Å². The summed E-state index contributed by atoms with van der Waals surface area (Å²) < 4.78 is 29.8. The second-order valence-corrected chi connectivity index (χ2v) is 6.98. The van der Waals surface area contributed by atoms with E-state index in [1.54, 1.807) is 6.92 Å². The van der Waals surface area contributed by atoms with Crippen LogP contribution in [-0.4, -0.2) is 55.4 Å². The van der Waals surface area contributed by atoms with Crippen molar-refractivity contribution in [2.24, 2.45) is 0 Å². The number of aliphatic hydroxyl groups is 1. The van der Waals surface area contributed by atoms with Crippen molar-refractivity contribution >= 4 is 16.0 Å². The third-order valence-corrected chi connectivity index (χ3v) is 5.08. The molecule has 1 atom stereocenters. The SMILES string of the molecule is COC(=O)CCS(=O)(=O)N1CCCC(C)(O)CC1. The number of carbonyl (C=O) groups excluding carboxylic acids is 1. The number of rotatable bonds is 4. The number of ether oxygens (including phenoxy) is 1. The highest BCUT2D eigenvalue weighted by atomic mass is 32.2. The van der Waals surface area contributed by atoms with E-state index in [1.165, 1.54) is 11.4 Å². The first-order valence-corrected chi connectivity index (χ1v) is 7.65. The van der Waals surface area contributed by atoms with Crippen LogP contribution in [0, 0.1) is 0 Å². The molecule has 1 unspecified atom stereocenters. The van der Waals surface area contributed by atoms with Crippen LogP contribution in [0.15, 0.2) is 0 Å². The Morgan fingerprint density at radius 3 is 2.67 bits per heavy atom. The molecule has 0 radical (unpaired) electrons. The van der Waals surface area contributed by atoms with Gasteiger partial charge < -0.3 is 9.84 Å². The van der Waals surface area contributed by atoms with Crippen molar-refractivity contribution in [3.05, 3.63) is 0 Å². The zero-order chi connectivity index (χ0) is 13.8. The summed E-state index contributed by atoms with van der Waals surface area (Å²) in [5.74, 6) is -0.762. The molecule has 106 valence electrons. The molecule has 0 aliphatic carbocycles. The van der Waals surface area contributed by atoms with Gasteiger partial charge in [0.2, 0.25) is 10.0 Å². The molecule has 0 bridgehead atoms. The monoisotopic (exact) mass is 279 g/mol. The summed E-state index contributed by atoms with van der Waals surface area (Å²) in [6.45, 7) is 2.42. The Hall–Kier alpha value is -0.660. The summed E-state index contributed by atoms with van der Waals surface area (Å²) in [5.41, 5.74) is -0.799. The first-order valence-electron chi connectivity index (χ1n) is 6.04. The van der Waals surface area contributed by atoms with Crippen molar-refractivity contribution in [3.8, 4) is 0 Å². The average molecular weight is 279 g/mol. The molecule has 1 aliphatic heterocycles. The van der Waals surface area contributed by atoms with Gasteiger partial charge in [0.1, 0.15) is 0 Å². The lowest BCUT2D eigenvalue weighted by molar-refractivity contribution is -0.140. The molecule has 0 spiro atoms. The minimum absolute atomic E-state index is 0.133. The molecule has 1 rings (SSSR count). The molecule has 0 saturated carbocycles. The Balaban J connectivity index is 2.59. The fourth-order valence-corrected chi connectivity index (χ4v) is 3.42. The van der Waals surface area contributed by atoms with Crippen molar-refractivity contribution in [2.45, 2.75) is 38.2 Å². The minimum Gasteiger partial charge on any atom is -0.469 e. The van der Waals surface area contributed by atoms with Gasteiger partial charge in [0.05, 0.1) is 24.9 Å². The Labute approximate surface area is 108 Å². The number of hydrogen-bond donors (Lipinski definition) is 1. The van der Waals surface area contributed by atoms with Crippen LogP contribution in [0.4, 0.5) is 0 Å². The Kier molecular flexibility index (Phi) is 5.12. The van der Waals surface area contributed by atoms with Gasteiger partial charge in [-0.2, -0.15) is 0 Å². The van der Waals surface area contributed by atoms with Gasteiger partial charge in [-0.3, -0.25) is 4.79 Å². The molecule has 1 aliphatic rings. The summed E-state index contributed by atoms with van der Waals surface area (Å²) in [6, 6.07) is 0. The molecular weight excluding hydrogens is 258 g/mol. The predicted octanol–water partition coefficient (Wildman–Crippen LogP) is 0.116. The smallest absolute Gasteiger partial charge is 0.306 e. The molecule has 1 saturated heterocycles. The second kappa shape index (κ2) is 5.99. The molecular formula is C11H21NO5S. The highest BCUT2D eigenvalue weighted by Gasteiger charge is 2.30. The normalized spacial score (nSPS) is 26.6. The first-order chi connectivity index (χ1) is 8.27. The Morgan fingerprint density at radius 2 is 2.06 bits per heavy atom. The largest absolute Gasteiger partial charge is 0.469 e. The zero-order valence-corrected chi connectivity index (χ0v) is 11.7. The van der Waals surface area contributed by atoms with E-state index in [4.69, 9.17) is 0 Å². The molecule has 0 amide bonds. The lowest BCUT2D eigenvalue weighted by atomic mass is 9.98. The van der Waals surface area contributed by atoms with Gasteiger partial charge in [-0.15, -0.1) is 0 Å². The number of nitrogens with zero attached hydrogens (tertiary/aromatic N) is 1. The lowest BCUT2D eigenvalue weighted by Crippen LogP contribution is -2.35. The van der Waals surface area contributed by atoms with Crippen LogP contribution in [0.25, 0.3) is 0 Å². The predicted molar refractivity (Wildman–Crippen MR) is 66.5 cm³/mol. The van der Waals surface area contributed by atoms with Crippen LogP contribution >= 0.6 is 0 Å². The van der Waals surface area contributed by atoms with Gasteiger partial charge in [-0.05, 0) is 26.2 Å². The molecule has 1 fully saturated rings. The van der Waals surface area contributed by atoms with E-state index in [2.05, 4.69) is 4.74 Å². The van der Waals surface area contributed by atoms with Crippen molar-refractivity contribution in [2.75, 3.05) is 26.0 Å². The van der Waals surface area contributed by atoms with Crippen LogP contribution in [0.5, 0.6) is 0 Å². The third-order valence-electron chi connectivity index (χ3n) is 3.21. The number of sulfonamides is 1. The standard InChI is InChI=1S/C11H21NO5S/c1-11(14)5-3-7-12(8-6-11)18(15,16)9-4-10(13)17-2/h14H,3-9H2,1-2H3. The average Bonchev–Trinajstić information content (AvgIpc) is 2.47. The van der Waals surface area contributed by atoms with Crippen LogP contribution in [0.3, 0.4) is 0 Å². The van der Waals surface area contributed by atoms with Crippen LogP contribution in [0.1, 0.15) is 32.6 Å². The lowest BCUT2D eigenvalue weighted by Gasteiger charge is -2.22. The van der Waals surface area contributed by atoms with Crippen molar-refractivity contribution in [1.29, 1.82) is 0 Å². The highest BCUT2D eigenvalue weighted by molar-refractivity contribution is 7.89. The summed E-state index contributed by atoms with van der Waals surface area (Å²) in [4.78, 5) is 11.0. The van der Waals surface area contributed by atoms with E-state index in [-0.39, 0.29) is 12.2 Å². The summed E-state index contributed by atoms with van der Waals surface area (Å²) >= 11 is 0. The van der Waals surface area contributed by atoms with Gasteiger partial charge in [0, 0.05) is 13.1 Å². The summed E-state index contributed by atoms with van der Waals surface area (Å²) in [7, 11) is -2.21. The maximum Gasteiger partial charge on any atom is 0.306 e. The van der Waals surface area contributed by atoms with Crippen molar-refractivity contribution < 1.29 is 23.1 Å². The van der Waals surface area contributed by atoms with E-state index in [0.717, 1.165) is 0 Å². The molecule has 18 heavy (non-hydrogen) atoms. The molecule has 0 aromatic carbocycles. The molecule has 0 aromatic rings. The molecule has 1 heterocycles. The Morgan fingerprint density at radius 1 is 1.39 bits per heavy atom. The number of esters is 1. The van der Waals surface area contributed by atoms with E-state index < -0.39 is 21.6 Å². The fourth-order valence-electron chi connectivity index (χ4n) is 1.96. The number of hydrogen-bond acceptors (Lipinski definition) is 5. The zero-order valence-electron chi connectivity index (χ0n) is 10.9. The number of carbonyl (C=O) groups is 1. The van der Waals surface area contributed by atoms with E-state index >= 15 is 0 Å². The van der Waals surface area contributed by atoms with Crippen LogP contribution in [-0.2, 0) is 19.6 Å². The van der Waals surface area contributed by atoms with Crippen molar-refractivity contribution in [3.63, 3.8) is 0 Å². The summed E-state index contributed by atoms with van der Waals surface area (Å²) in [5, 5.41) is 9.90. The van der Waals surface area contributed by atoms with Gasteiger partial charge in [-0.25, -0.2) is 12.7 Å². The van der Waals surface area contributed by atoms with Gasteiger partial charge in [0.15, 0.2) is 0 Å². The molecule has 6 nitrogen and oxygen atoms in total. The van der Waals surface area contributed by atoms with E-state index in [9.17, 15) is 18.3 Å². The Bertz CT molecular complexity index is 390. The first kappa shape index (κ1) is 15.4. The van der Waals surface area contributed by atoms with Gasteiger partial charge in [0.25, 0.3) is 0 Å². The quantitative estimate of drug-likeness (QED) is 0.739. The third kappa shape index (κ3) is 4.55. The maximum atomic E-state index is 12.0. The molecule has 7 heteroatoms. The summed E-state index contributed by atoms with van der Waals surface area (Å²) in [6.07, 6.45) is 1.51. The number of methoxy groups -OCH3 is 1. The molecule has 1 N–H and O–H groups in total. The molecule has 0 aromatic heterocycles. The van der Waals surface area contributed by atoms with Crippen LogP contribution in [0.2, 0.25) is 0 Å². The van der Waals surface area contributed by atoms with Crippen molar-refractivity contribution in [1.82, 2.24) is 4.31 Å². The van der Waals surface area contributed by atoms with E-state index in [1.807, 2.05) is 0 Å². The van der Waals surface area contributed by atoms with Gasteiger partial charge >= 0.3 is 5.97 Å². The van der Waals surface area contributed by atoms with Gasteiger partial charge in [-0.1, -0.05) is 0 Å². The highest BCUT2D eigenvalue weighted by Crippen LogP contribution is 2.23. The maximum absolute atomic E-state index is 12.0. The second-order valence-electron chi connectivity index (χ2n) is 4.89. The fraction of sp³-hybridized carbons (Fsp3) is 0.909. The minimum atomic E-state index is -3.44. The topological polar surface area (TPSA) is 83.9 Å².